The monoisotopic (exact) mass is 357 g/mol. The molecule has 0 aliphatic carbocycles. The fraction of sp³-hybridized carbons (Fsp3) is 0.300. The number of ether oxygens (including phenoxy) is 2. The van der Waals surface area contributed by atoms with Gasteiger partial charge in [0.25, 0.3) is 5.91 Å². The van der Waals surface area contributed by atoms with E-state index >= 15 is 0 Å². The Morgan fingerprint density at radius 2 is 1.77 bits per heavy atom. The van der Waals surface area contributed by atoms with Crippen molar-refractivity contribution in [1.29, 1.82) is 0 Å². The second-order valence-electron chi connectivity index (χ2n) is 6.80. The molecular formula is C20H23NO5. The Kier molecular flexibility index (Phi) is 5.87. The van der Waals surface area contributed by atoms with Gasteiger partial charge in [-0.2, -0.15) is 0 Å². The Hall–Kier alpha value is -3.02. The van der Waals surface area contributed by atoms with Gasteiger partial charge in [0.05, 0.1) is 18.4 Å². The molecule has 0 bridgehead atoms. The maximum atomic E-state index is 12.2. The molecule has 2 rings (SSSR count). The van der Waals surface area contributed by atoms with E-state index in [1.165, 1.54) is 25.3 Å². The summed E-state index contributed by atoms with van der Waals surface area (Å²) in [7, 11) is 1.41. The second kappa shape index (κ2) is 7.91. The molecule has 138 valence electrons. The van der Waals surface area contributed by atoms with E-state index < -0.39 is 5.97 Å². The average Bonchev–Trinajstić information content (AvgIpc) is 2.59. The summed E-state index contributed by atoms with van der Waals surface area (Å²) in [6.07, 6.45) is 0. The molecule has 0 radical (unpaired) electrons. The highest BCUT2D eigenvalue weighted by atomic mass is 16.5. The van der Waals surface area contributed by atoms with Crippen LogP contribution >= 0.6 is 0 Å². The van der Waals surface area contributed by atoms with E-state index in [4.69, 9.17) is 14.6 Å². The summed E-state index contributed by atoms with van der Waals surface area (Å²) < 4.78 is 10.8. The summed E-state index contributed by atoms with van der Waals surface area (Å²) in [5, 5.41) is 11.7. The highest BCUT2D eigenvalue weighted by Crippen LogP contribution is 2.31. The quantitative estimate of drug-likeness (QED) is 0.823. The van der Waals surface area contributed by atoms with Crippen molar-refractivity contribution < 1.29 is 24.2 Å². The van der Waals surface area contributed by atoms with Gasteiger partial charge in [-0.15, -0.1) is 0 Å². The van der Waals surface area contributed by atoms with Crippen LogP contribution < -0.4 is 14.8 Å². The Balaban J connectivity index is 2.08. The van der Waals surface area contributed by atoms with Crippen molar-refractivity contribution in [1.82, 2.24) is 0 Å². The fourth-order valence-electron chi connectivity index (χ4n) is 2.47. The minimum Gasteiger partial charge on any atom is -0.495 e. The van der Waals surface area contributed by atoms with E-state index in [1.54, 1.807) is 0 Å². The first kappa shape index (κ1) is 19.3. The highest BCUT2D eigenvalue weighted by Gasteiger charge is 2.19. The zero-order valence-electron chi connectivity index (χ0n) is 15.3. The van der Waals surface area contributed by atoms with Crippen molar-refractivity contribution >= 4 is 17.6 Å². The number of hydrogen-bond donors (Lipinski definition) is 2. The second-order valence-corrected chi connectivity index (χ2v) is 6.80. The molecule has 0 aliphatic heterocycles. The zero-order chi connectivity index (χ0) is 19.3. The average molecular weight is 357 g/mol. The van der Waals surface area contributed by atoms with Crippen molar-refractivity contribution in [2.75, 3.05) is 19.0 Å². The molecule has 0 atom stereocenters. The summed E-state index contributed by atoms with van der Waals surface area (Å²) in [6.45, 7) is 6.05. The van der Waals surface area contributed by atoms with Crippen LogP contribution in [-0.2, 0) is 10.2 Å². The third-order valence-electron chi connectivity index (χ3n) is 3.78. The first-order valence-electron chi connectivity index (χ1n) is 8.16. The van der Waals surface area contributed by atoms with Crippen LogP contribution in [0.2, 0.25) is 0 Å². The van der Waals surface area contributed by atoms with E-state index in [2.05, 4.69) is 26.1 Å². The fourth-order valence-corrected chi connectivity index (χ4v) is 2.47. The number of methoxy groups -OCH3 is 1. The third-order valence-corrected chi connectivity index (χ3v) is 3.78. The summed E-state index contributed by atoms with van der Waals surface area (Å²) in [4.78, 5) is 23.2. The predicted molar refractivity (Wildman–Crippen MR) is 99.2 cm³/mol. The molecule has 0 fully saturated rings. The smallest absolute Gasteiger partial charge is 0.335 e. The van der Waals surface area contributed by atoms with E-state index in [0.29, 0.717) is 11.4 Å². The number of anilines is 1. The number of nitrogens with one attached hydrogen (secondary N) is 1. The van der Waals surface area contributed by atoms with E-state index in [1.807, 2.05) is 24.3 Å². The lowest BCUT2D eigenvalue weighted by Crippen LogP contribution is -2.22. The molecule has 6 nitrogen and oxygen atoms in total. The zero-order valence-corrected chi connectivity index (χ0v) is 15.3. The van der Waals surface area contributed by atoms with Gasteiger partial charge >= 0.3 is 5.97 Å². The molecular weight excluding hydrogens is 334 g/mol. The molecule has 0 saturated carbocycles. The summed E-state index contributed by atoms with van der Waals surface area (Å²) in [6, 6.07) is 11.8. The van der Waals surface area contributed by atoms with Crippen molar-refractivity contribution in [2.45, 2.75) is 26.2 Å². The van der Waals surface area contributed by atoms with Gasteiger partial charge in [0.2, 0.25) is 0 Å². The van der Waals surface area contributed by atoms with Crippen LogP contribution in [0.1, 0.15) is 36.7 Å². The number of carbonyl (C=O) groups excluding carboxylic acids is 1. The van der Waals surface area contributed by atoms with Crippen molar-refractivity contribution in [2.24, 2.45) is 0 Å². The van der Waals surface area contributed by atoms with Crippen molar-refractivity contribution in [3.05, 3.63) is 53.6 Å². The molecule has 6 heteroatoms. The van der Waals surface area contributed by atoms with Gasteiger partial charge in [0, 0.05) is 0 Å². The Labute approximate surface area is 152 Å². The summed E-state index contributed by atoms with van der Waals surface area (Å²) >= 11 is 0. The highest BCUT2D eigenvalue weighted by molar-refractivity contribution is 5.95. The topological polar surface area (TPSA) is 84.9 Å². The van der Waals surface area contributed by atoms with Gasteiger partial charge in [0.15, 0.2) is 6.61 Å². The summed E-state index contributed by atoms with van der Waals surface area (Å²) in [5.74, 6) is -0.505. The lowest BCUT2D eigenvalue weighted by atomic mass is 9.86. The molecule has 0 spiro atoms. The molecule has 0 aromatic heterocycles. The van der Waals surface area contributed by atoms with Gasteiger partial charge in [-0.3, -0.25) is 4.79 Å². The van der Waals surface area contributed by atoms with Crippen molar-refractivity contribution in [3.63, 3.8) is 0 Å². The van der Waals surface area contributed by atoms with Gasteiger partial charge in [-0.1, -0.05) is 39.0 Å². The Morgan fingerprint density at radius 1 is 1.08 bits per heavy atom. The van der Waals surface area contributed by atoms with Crippen molar-refractivity contribution in [3.8, 4) is 11.5 Å². The van der Waals surface area contributed by atoms with Crippen LogP contribution in [0.5, 0.6) is 11.5 Å². The van der Waals surface area contributed by atoms with E-state index in [-0.39, 0.29) is 29.2 Å². The largest absolute Gasteiger partial charge is 0.495 e. The SMILES string of the molecule is COc1cc(C(=O)O)ccc1NC(=O)COc1ccccc1C(C)(C)C. The number of para-hydroxylation sites is 1. The number of aromatic carboxylic acids is 1. The van der Waals surface area contributed by atoms with Crippen LogP contribution in [-0.4, -0.2) is 30.7 Å². The maximum absolute atomic E-state index is 12.2. The number of carboxylic acids is 1. The molecule has 2 N–H and O–H groups in total. The number of carboxylic acid groups (broad SMARTS) is 1. The third kappa shape index (κ3) is 4.75. The van der Waals surface area contributed by atoms with Crippen LogP contribution in [0.3, 0.4) is 0 Å². The molecule has 0 saturated heterocycles. The van der Waals surface area contributed by atoms with Gasteiger partial charge < -0.3 is 19.9 Å². The van der Waals surface area contributed by atoms with Crippen LogP contribution in [0.4, 0.5) is 5.69 Å². The van der Waals surface area contributed by atoms with Gasteiger partial charge in [-0.05, 0) is 35.2 Å². The molecule has 26 heavy (non-hydrogen) atoms. The lowest BCUT2D eigenvalue weighted by molar-refractivity contribution is -0.118. The predicted octanol–water partition coefficient (Wildman–Crippen LogP) is 3.71. The number of hydrogen-bond acceptors (Lipinski definition) is 4. The molecule has 1 amide bonds. The Morgan fingerprint density at radius 3 is 2.38 bits per heavy atom. The van der Waals surface area contributed by atoms with Gasteiger partial charge in [-0.25, -0.2) is 4.79 Å². The van der Waals surface area contributed by atoms with Crippen LogP contribution in [0.25, 0.3) is 0 Å². The molecule has 2 aromatic rings. The molecule has 0 heterocycles. The van der Waals surface area contributed by atoms with Crippen LogP contribution in [0.15, 0.2) is 42.5 Å². The van der Waals surface area contributed by atoms with Gasteiger partial charge in [0.1, 0.15) is 11.5 Å². The first-order chi connectivity index (χ1) is 12.2. The lowest BCUT2D eigenvalue weighted by Gasteiger charge is -2.22. The molecule has 0 unspecified atom stereocenters. The standard InChI is InChI=1S/C20H23NO5/c1-20(2,3)14-7-5-6-8-16(14)26-12-18(22)21-15-10-9-13(19(23)24)11-17(15)25-4/h5-11H,12H2,1-4H3,(H,21,22)(H,23,24). The maximum Gasteiger partial charge on any atom is 0.335 e. The number of amides is 1. The van der Waals surface area contributed by atoms with Crippen LogP contribution in [0, 0.1) is 0 Å². The number of benzene rings is 2. The number of carbonyl (C=O) groups is 2. The normalized spacial score (nSPS) is 10.9. The molecule has 2 aromatic carbocycles. The minimum absolute atomic E-state index is 0.0789. The Bertz CT molecular complexity index is 808. The van der Waals surface area contributed by atoms with E-state index in [0.717, 1.165) is 5.56 Å². The number of rotatable bonds is 6. The van der Waals surface area contributed by atoms with E-state index in [9.17, 15) is 9.59 Å². The first-order valence-corrected chi connectivity index (χ1v) is 8.16. The molecule has 0 aliphatic rings. The summed E-state index contributed by atoms with van der Waals surface area (Å²) in [5.41, 5.74) is 1.37. The minimum atomic E-state index is -1.07.